The monoisotopic (exact) mass is 233 g/mol. The van der Waals surface area contributed by atoms with Gasteiger partial charge in [-0.1, -0.05) is 0 Å². The van der Waals surface area contributed by atoms with Crippen molar-refractivity contribution in [2.45, 2.75) is 13.3 Å². The third kappa shape index (κ3) is 3.31. The van der Waals surface area contributed by atoms with Crippen molar-refractivity contribution in [3.63, 3.8) is 0 Å². The second kappa shape index (κ2) is 5.66. The van der Waals surface area contributed by atoms with E-state index in [1.165, 1.54) is 18.2 Å². The van der Waals surface area contributed by atoms with Crippen LogP contribution in [0.4, 0.5) is 0 Å². The molecule has 1 aromatic rings. The molecule has 0 spiro atoms. The van der Waals surface area contributed by atoms with Crippen LogP contribution in [0.1, 0.15) is 33.2 Å². The Morgan fingerprint density at radius 1 is 1.35 bits per heavy atom. The highest BCUT2D eigenvalue weighted by molar-refractivity contribution is 5.95. The highest BCUT2D eigenvalue weighted by Gasteiger charge is 2.12. The molecule has 88 valence electrons. The number of benzene rings is 1. The molecule has 0 amide bonds. The average Bonchev–Trinajstić information content (AvgIpc) is 2.29. The maximum Gasteiger partial charge on any atom is 0.338 e. The standard InChI is InChI=1S/C12H11NO4/c1-2-17-12(16)10-6-8(3-4-13)5-9(7-10)11(14)15/h5-7H,2-3H2,1H3,(H,14,15). The summed E-state index contributed by atoms with van der Waals surface area (Å²) in [5.41, 5.74) is 0.605. The Morgan fingerprint density at radius 2 is 2.00 bits per heavy atom. The van der Waals surface area contributed by atoms with Crippen LogP contribution in [0.15, 0.2) is 18.2 Å². The van der Waals surface area contributed by atoms with E-state index in [0.717, 1.165) is 0 Å². The fourth-order valence-corrected chi connectivity index (χ4v) is 1.34. The number of nitrogens with zero attached hydrogens (tertiary/aromatic N) is 1. The molecule has 1 rings (SSSR count). The first-order valence-corrected chi connectivity index (χ1v) is 4.99. The third-order valence-electron chi connectivity index (χ3n) is 2.03. The summed E-state index contributed by atoms with van der Waals surface area (Å²) in [5, 5.41) is 17.4. The van der Waals surface area contributed by atoms with Crippen LogP contribution in [-0.4, -0.2) is 23.7 Å². The average molecular weight is 233 g/mol. The Labute approximate surface area is 98.2 Å². The fraction of sp³-hybridized carbons (Fsp3) is 0.250. The number of aromatic carboxylic acids is 1. The molecule has 0 saturated carbocycles. The second-order valence-corrected chi connectivity index (χ2v) is 3.28. The summed E-state index contributed by atoms with van der Waals surface area (Å²) in [6.07, 6.45) is 0.0491. The molecular formula is C12H11NO4. The number of rotatable bonds is 4. The number of carboxylic acid groups (broad SMARTS) is 1. The van der Waals surface area contributed by atoms with Gasteiger partial charge in [-0.3, -0.25) is 0 Å². The third-order valence-corrected chi connectivity index (χ3v) is 2.03. The van der Waals surface area contributed by atoms with Crippen molar-refractivity contribution in [2.24, 2.45) is 0 Å². The molecule has 0 saturated heterocycles. The molecule has 0 bridgehead atoms. The maximum absolute atomic E-state index is 11.5. The zero-order valence-electron chi connectivity index (χ0n) is 9.27. The van der Waals surface area contributed by atoms with Crippen molar-refractivity contribution in [3.8, 4) is 6.07 Å². The number of nitriles is 1. The van der Waals surface area contributed by atoms with E-state index in [1.54, 1.807) is 6.92 Å². The van der Waals surface area contributed by atoms with Gasteiger partial charge >= 0.3 is 11.9 Å². The molecule has 1 N–H and O–H groups in total. The van der Waals surface area contributed by atoms with E-state index in [9.17, 15) is 9.59 Å². The van der Waals surface area contributed by atoms with Gasteiger partial charge in [-0.05, 0) is 30.7 Å². The quantitative estimate of drug-likeness (QED) is 0.798. The summed E-state index contributed by atoms with van der Waals surface area (Å²) in [4.78, 5) is 22.3. The van der Waals surface area contributed by atoms with E-state index < -0.39 is 11.9 Å². The first kappa shape index (κ1) is 12.7. The molecule has 1 aromatic carbocycles. The minimum absolute atomic E-state index is 0.0270. The minimum Gasteiger partial charge on any atom is -0.478 e. The van der Waals surface area contributed by atoms with Gasteiger partial charge in [0, 0.05) is 0 Å². The molecule has 5 heteroatoms. The Balaban J connectivity index is 3.17. The second-order valence-electron chi connectivity index (χ2n) is 3.28. The van der Waals surface area contributed by atoms with Crippen LogP contribution in [-0.2, 0) is 11.2 Å². The van der Waals surface area contributed by atoms with Gasteiger partial charge in [0.1, 0.15) is 0 Å². The van der Waals surface area contributed by atoms with Gasteiger partial charge in [0.15, 0.2) is 0 Å². The van der Waals surface area contributed by atoms with Gasteiger partial charge < -0.3 is 9.84 Å². The lowest BCUT2D eigenvalue weighted by Crippen LogP contribution is -2.08. The van der Waals surface area contributed by atoms with Gasteiger partial charge in [-0.25, -0.2) is 9.59 Å². The molecule has 17 heavy (non-hydrogen) atoms. The van der Waals surface area contributed by atoms with Gasteiger partial charge in [0.25, 0.3) is 0 Å². The molecule has 0 unspecified atom stereocenters. The predicted molar refractivity (Wildman–Crippen MR) is 58.7 cm³/mol. The highest BCUT2D eigenvalue weighted by Crippen LogP contribution is 2.12. The molecule has 0 aliphatic heterocycles. The van der Waals surface area contributed by atoms with Crippen molar-refractivity contribution in [2.75, 3.05) is 6.61 Å². The molecule has 0 aliphatic rings. The lowest BCUT2D eigenvalue weighted by atomic mass is 10.0. The van der Waals surface area contributed by atoms with Crippen LogP contribution < -0.4 is 0 Å². The number of carboxylic acids is 1. The van der Waals surface area contributed by atoms with E-state index in [-0.39, 0.29) is 24.2 Å². The Bertz CT molecular complexity index is 488. The smallest absolute Gasteiger partial charge is 0.338 e. The summed E-state index contributed by atoms with van der Waals surface area (Å²) < 4.78 is 4.78. The van der Waals surface area contributed by atoms with Gasteiger partial charge in [-0.2, -0.15) is 5.26 Å². The summed E-state index contributed by atoms with van der Waals surface area (Å²) >= 11 is 0. The van der Waals surface area contributed by atoms with E-state index in [0.29, 0.717) is 5.56 Å². The summed E-state index contributed by atoms with van der Waals surface area (Å²) in [6, 6.07) is 5.98. The zero-order chi connectivity index (χ0) is 12.8. The summed E-state index contributed by atoms with van der Waals surface area (Å²) in [6.45, 7) is 1.87. The number of carbonyl (C=O) groups is 2. The van der Waals surface area contributed by atoms with Crippen molar-refractivity contribution in [1.82, 2.24) is 0 Å². The largest absolute Gasteiger partial charge is 0.478 e. The Hall–Kier alpha value is -2.35. The van der Waals surface area contributed by atoms with Crippen LogP contribution in [0.2, 0.25) is 0 Å². The number of esters is 1. The molecule has 0 atom stereocenters. The van der Waals surface area contributed by atoms with E-state index in [4.69, 9.17) is 15.1 Å². The number of hydrogen-bond acceptors (Lipinski definition) is 4. The molecule has 0 aliphatic carbocycles. The van der Waals surface area contributed by atoms with Crippen LogP contribution in [0, 0.1) is 11.3 Å². The van der Waals surface area contributed by atoms with Crippen LogP contribution in [0.5, 0.6) is 0 Å². The van der Waals surface area contributed by atoms with Crippen LogP contribution in [0.25, 0.3) is 0 Å². The molecule has 0 heterocycles. The highest BCUT2D eigenvalue weighted by atomic mass is 16.5. The maximum atomic E-state index is 11.5. The van der Waals surface area contributed by atoms with E-state index in [2.05, 4.69) is 0 Å². The van der Waals surface area contributed by atoms with Crippen molar-refractivity contribution in [3.05, 3.63) is 34.9 Å². The molecule has 0 fully saturated rings. The predicted octanol–water partition coefficient (Wildman–Crippen LogP) is 1.63. The first-order valence-electron chi connectivity index (χ1n) is 4.99. The Morgan fingerprint density at radius 3 is 2.53 bits per heavy atom. The summed E-state index contributed by atoms with van der Waals surface area (Å²) in [7, 11) is 0. The Kier molecular flexibility index (Phi) is 4.23. The van der Waals surface area contributed by atoms with Gasteiger partial charge in [-0.15, -0.1) is 0 Å². The van der Waals surface area contributed by atoms with Crippen molar-refractivity contribution in [1.29, 1.82) is 5.26 Å². The topological polar surface area (TPSA) is 87.4 Å². The van der Waals surface area contributed by atoms with Gasteiger partial charge in [0.05, 0.1) is 30.2 Å². The van der Waals surface area contributed by atoms with Crippen molar-refractivity contribution < 1.29 is 19.4 Å². The normalized spacial score (nSPS) is 9.41. The molecular weight excluding hydrogens is 222 g/mol. The SMILES string of the molecule is CCOC(=O)c1cc(CC#N)cc(C(=O)O)c1. The van der Waals surface area contributed by atoms with Gasteiger partial charge in [0.2, 0.25) is 0 Å². The molecule has 0 radical (unpaired) electrons. The van der Waals surface area contributed by atoms with E-state index >= 15 is 0 Å². The minimum atomic E-state index is -1.14. The zero-order valence-corrected chi connectivity index (χ0v) is 9.27. The molecule has 5 nitrogen and oxygen atoms in total. The number of carbonyl (C=O) groups excluding carboxylic acids is 1. The summed E-state index contributed by atoms with van der Waals surface area (Å²) in [5.74, 6) is -1.73. The van der Waals surface area contributed by atoms with Crippen molar-refractivity contribution >= 4 is 11.9 Å². The van der Waals surface area contributed by atoms with Crippen LogP contribution >= 0.6 is 0 Å². The number of hydrogen-bond donors (Lipinski definition) is 1. The fourth-order valence-electron chi connectivity index (χ4n) is 1.34. The molecule has 0 aromatic heterocycles. The first-order chi connectivity index (χ1) is 8.08. The van der Waals surface area contributed by atoms with Crippen LogP contribution in [0.3, 0.4) is 0 Å². The number of ether oxygens (including phenoxy) is 1. The van der Waals surface area contributed by atoms with E-state index in [1.807, 2.05) is 6.07 Å². The lowest BCUT2D eigenvalue weighted by Gasteiger charge is -2.05. The lowest BCUT2D eigenvalue weighted by molar-refractivity contribution is 0.0526.